The molecular formula is C74H73N4OPt-3. The van der Waals surface area contributed by atoms with Crippen molar-refractivity contribution in [2.24, 2.45) is 5.92 Å². The smallest absolute Gasteiger partial charge is 0.135 e. The molecule has 1 aliphatic heterocycles. The summed E-state index contributed by atoms with van der Waals surface area (Å²) in [5.41, 5.74) is 7.83. The van der Waals surface area contributed by atoms with Gasteiger partial charge in [0.25, 0.3) is 0 Å². The summed E-state index contributed by atoms with van der Waals surface area (Å²) in [7, 11) is 0. The van der Waals surface area contributed by atoms with Crippen LogP contribution in [0.25, 0.3) is 61.0 Å². The molecule has 8 aromatic carbocycles. The van der Waals surface area contributed by atoms with E-state index in [0.717, 1.165) is 62.8 Å². The van der Waals surface area contributed by atoms with Crippen molar-refractivity contribution in [3.05, 3.63) is 222 Å². The minimum atomic E-state index is -1.97. The zero-order valence-corrected chi connectivity index (χ0v) is 50.0. The van der Waals surface area contributed by atoms with Crippen LogP contribution in [-0.4, -0.2) is 9.55 Å². The first-order chi connectivity index (χ1) is 41.8. The van der Waals surface area contributed by atoms with Gasteiger partial charge >= 0.3 is 0 Å². The quantitative estimate of drug-likeness (QED) is 0.128. The van der Waals surface area contributed by atoms with Crippen molar-refractivity contribution in [2.75, 3.05) is 9.80 Å². The van der Waals surface area contributed by atoms with Crippen LogP contribution in [0.5, 0.6) is 11.5 Å². The van der Waals surface area contributed by atoms with E-state index in [1.54, 1.807) is 26.8 Å². The zero-order valence-electron chi connectivity index (χ0n) is 57.7. The Morgan fingerprint density at radius 3 is 2.02 bits per heavy atom. The van der Waals surface area contributed by atoms with Crippen LogP contribution in [-0.2, 0) is 49.1 Å². The predicted molar refractivity (Wildman–Crippen MR) is 332 cm³/mol. The third kappa shape index (κ3) is 10.2. The molecule has 5 nitrogen and oxygen atoms in total. The average Bonchev–Trinajstić information content (AvgIpc) is 0.874. The van der Waals surface area contributed by atoms with Crippen LogP contribution in [0.15, 0.2) is 176 Å². The molecule has 0 atom stereocenters. The molecular weight excluding hydrogens is 1160 g/mol. The van der Waals surface area contributed by atoms with Crippen LogP contribution in [0.3, 0.4) is 0 Å². The minimum absolute atomic E-state index is 0. The van der Waals surface area contributed by atoms with Gasteiger partial charge in [-0.25, -0.2) is 4.98 Å². The summed E-state index contributed by atoms with van der Waals surface area (Å²) >= 11 is 0. The van der Waals surface area contributed by atoms with Crippen molar-refractivity contribution in [1.29, 1.82) is 0 Å². The van der Waals surface area contributed by atoms with Crippen molar-refractivity contribution in [3.63, 3.8) is 0 Å². The Balaban J connectivity index is 0.00000833. The molecule has 0 bridgehead atoms. The molecule has 0 unspecified atom stereocenters. The summed E-state index contributed by atoms with van der Waals surface area (Å²) in [5.74, 6) is 1.11. The summed E-state index contributed by atoms with van der Waals surface area (Å²) in [6.45, 7) is 26.5. The number of rotatable bonds is 10. The molecule has 0 N–H and O–H groups in total. The summed E-state index contributed by atoms with van der Waals surface area (Å²) in [5, 5.41) is 2.06. The van der Waals surface area contributed by atoms with E-state index in [1.807, 2.05) is 109 Å². The standard InChI is InChI=1S/C74H73N4O.Pt/c1-48(2)39-49-40-61(51-29-27-50(28-30-51)52-19-17-20-54(42-52)71(3,4)5)70(62(41-49)53-31-34-63-64(43-53)74(11,12)37-36-73(63,9)10)77-47-76(66-25-15-16-26-67(66)77)56-21-18-22-57(45-56)79-58-32-33-60-59-23-13-14-24-65(59)78(68(60)46-58)69-44-55(35-38-75-69)72(6,7)8;/h13-35,38,40-44,47-48H,36-37,39H2,1-12H3;/q-3;/i17D,19D,20D,27D,28D,29D,30D,39D2,42D;. The zero-order chi connectivity index (χ0) is 63.9. The number of nitrogens with zero attached hydrogens (tertiary/aromatic N) is 4. The van der Waals surface area contributed by atoms with Crippen molar-refractivity contribution in [3.8, 4) is 50.7 Å². The molecule has 0 spiro atoms. The Hall–Kier alpha value is -7.20. The number of aromatic nitrogens is 2. The van der Waals surface area contributed by atoms with Crippen molar-refractivity contribution < 1.29 is 39.5 Å². The van der Waals surface area contributed by atoms with Crippen molar-refractivity contribution in [2.45, 2.75) is 124 Å². The molecule has 0 radical (unpaired) electrons. The number of fused-ring (bicyclic) bond motifs is 5. The Morgan fingerprint density at radius 2 is 1.30 bits per heavy atom. The molecule has 80 heavy (non-hydrogen) atoms. The predicted octanol–water partition coefficient (Wildman–Crippen LogP) is 20.1. The Morgan fingerprint density at radius 1 is 0.637 bits per heavy atom. The van der Waals surface area contributed by atoms with Gasteiger partial charge in [0.15, 0.2) is 0 Å². The van der Waals surface area contributed by atoms with Crippen LogP contribution >= 0.6 is 0 Å². The van der Waals surface area contributed by atoms with Crippen molar-refractivity contribution in [1.82, 2.24) is 9.55 Å². The molecule has 0 saturated carbocycles. The molecule has 6 heteroatoms. The van der Waals surface area contributed by atoms with Gasteiger partial charge in [0, 0.05) is 75.2 Å². The maximum Gasteiger partial charge on any atom is 0.135 e. The maximum atomic E-state index is 10.1. The molecule has 0 fully saturated rings. The van der Waals surface area contributed by atoms with E-state index >= 15 is 0 Å². The molecule has 10 aromatic rings. The fourth-order valence-corrected chi connectivity index (χ4v) is 11.3. The van der Waals surface area contributed by atoms with Crippen LogP contribution < -0.4 is 14.5 Å². The van der Waals surface area contributed by atoms with Gasteiger partial charge in [0.1, 0.15) is 5.82 Å². The van der Waals surface area contributed by atoms with E-state index in [0.29, 0.717) is 34.1 Å². The van der Waals surface area contributed by atoms with E-state index in [-0.39, 0.29) is 82.8 Å². The third-order valence-electron chi connectivity index (χ3n) is 15.8. The molecule has 0 amide bonds. The monoisotopic (exact) mass is 1240 g/mol. The van der Waals surface area contributed by atoms with E-state index in [9.17, 15) is 9.60 Å². The second kappa shape index (κ2) is 20.7. The Kier molecular flexibility index (Phi) is 11.3. The van der Waals surface area contributed by atoms with Gasteiger partial charge < -0.3 is 19.1 Å². The van der Waals surface area contributed by atoms with Crippen LogP contribution in [0.1, 0.15) is 137 Å². The van der Waals surface area contributed by atoms with Gasteiger partial charge in [-0.2, -0.15) is 12.1 Å². The van der Waals surface area contributed by atoms with Gasteiger partial charge in [-0.05, 0) is 145 Å². The molecule has 1 aliphatic carbocycles. The number of benzene rings is 8. The summed E-state index contributed by atoms with van der Waals surface area (Å²) < 4.78 is 105. The Labute approximate surface area is 504 Å². The topological polar surface area (TPSA) is 33.5 Å². The fourth-order valence-electron chi connectivity index (χ4n) is 11.3. The molecule has 2 aromatic heterocycles. The average molecular weight is 1240 g/mol. The number of hydrogen-bond donors (Lipinski definition) is 0. The molecule has 3 heterocycles. The largest absolute Gasteiger partial charge is 0.509 e. The summed E-state index contributed by atoms with van der Waals surface area (Å²) in [4.78, 5) is 8.83. The molecule has 12 rings (SSSR count). The van der Waals surface area contributed by atoms with E-state index in [4.69, 9.17) is 13.8 Å². The number of anilines is 4. The fraction of sp³-hybridized carbons (Fsp3) is 0.270. The van der Waals surface area contributed by atoms with Crippen molar-refractivity contribution >= 4 is 44.6 Å². The SMILES string of the molecule is [2H]c1c([2H])c(-c2c([2H])c([2H])c(-c3cc(C([2H])([2H])C(C)C)cc(-c4ccc5c(c4)C(C)(C)CCC5(C)C)c3N3[CH-]N(c4[c-]c(Oc5[c-]c6c(cc5)c5ccccc5n6-c5cc(C(C)(C)C)ccn5)ccc4)c4ccccc43)c([2H])c2[2H])c([2H])c(C(C)(C)C)c1[2H].[Pt]. The van der Waals surface area contributed by atoms with Gasteiger partial charge in [0.05, 0.1) is 11.0 Å². The number of pyridine rings is 1. The number of para-hydroxylation sites is 3. The first kappa shape index (κ1) is 43.6. The van der Waals surface area contributed by atoms with E-state index in [2.05, 4.69) is 108 Å². The van der Waals surface area contributed by atoms with Gasteiger partial charge in [-0.3, -0.25) is 0 Å². The van der Waals surface area contributed by atoms with Gasteiger partial charge in [-0.1, -0.05) is 185 Å². The Bertz CT molecular complexity index is 4530. The maximum absolute atomic E-state index is 10.1. The van der Waals surface area contributed by atoms with E-state index < -0.39 is 54.0 Å². The minimum Gasteiger partial charge on any atom is -0.509 e. The third-order valence-corrected chi connectivity index (χ3v) is 15.8. The summed E-state index contributed by atoms with van der Waals surface area (Å²) in [6, 6.07) is 43.4. The second-order valence-electron chi connectivity index (χ2n) is 24.9. The van der Waals surface area contributed by atoms with Crippen LogP contribution in [0, 0.1) is 24.7 Å². The van der Waals surface area contributed by atoms with Crippen LogP contribution in [0.4, 0.5) is 22.7 Å². The van der Waals surface area contributed by atoms with Gasteiger partial charge in [0.2, 0.25) is 0 Å². The van der Waals surface area contributed by atoms with Gasteiger partial charge in [-0.15, -0.1) is 48.1 Å². The summed E-state index contributed by atoms with van der Waals surface area (Å²) in [6.07, 6.45) is 1.81. The molecule has 0 saturated heterocycles. The first-order valence-corrected chi connectivity index (χ1v) is 27.5. The first-order valence-electron chi connectivity index (χ1n) is 32.5. The second-order valence-corrected chi connectivity index (χ2v) is 24.9. The number of hydrogen-bond acceptors (Lipinski definition) is 4. The molecule has 2 aliphatic rings. The number of ether oxygens (including phenoxy) is 1. The normalized spacial score (nSPS) is 16.8. The molecule has 408 valence electrons. The van der Waals surface area contributed by atoms with Crippen LogP contribution in [0.2, 0.25) is 0 Å². The van der Waals surface area contributed by atoms with E-state index in [1.165, 1.54) is 5.56 Å².